The summed E-state index contributed by atoms with van der Waals surface area (Å²) < 4.78 is 18.7. The van der Waals surface area contributed by atoms with Crippen molar-refractivity contribution in [1.29, 1.82) is 0 Å². The molecule has 0 fully saturated rings. The second-order valence-electron chi connectivity index (χ2n) is 14.5. The summed E-state index contributed by atoms with van der Waals surface area (Å²) in [6.45, 7) is 7.39. The van der Waals surface area contributed by atoms with Gasteiger partial charge in [0.1, 0.15) is 30.2 Å². The van der Waals surface area contributed by atoms with Crippen LogP contribution in [0.4, 0.5) is 5.69 Å². The zero-order valence-electron chi connectivity index (χ0n) is 29.1. The summed E-state index contributed by atoms with van der Waals surface area (Å²) in [6.07, 6.45) is 3.64. The second kappa shape index (κ2) is 12.1. The lowest BCUT2D eigenvalue weighted by Crippen LogP contribution is -2.52. The van der Waals surface area contributed by atoms with Crippen molar-refractivity contribution < 1.29 is 28.3 Å². The average molecular weight is 699 g/mol. The van der Waals surface area contributed by atoms with Crippen LogP contribution in [-0.2, 0) is 16.0 Å². The van der Waals surface area contributed by atoms with Crippen LogP contribution in [0.1, 0.15) is 62.2 Å². The topological polar surface area (TPSA) is 168 Å². The number of aliphatic hydroxyl groups is 1. The van der Waals surface area contributed by atoms with E-state index in [1.807, 2.05) is 44.3 Å². The van der Waals surface area contributed by atoms with E-state index in [2.05, 4.69) is 56.3 Å². The van der Waals surface area contributed by atoms with Gasteiger partial charge in [-0.3, -0.25) is 9.59 Å². The Morgan fingerprint density at radius 3 is 2.65 bits per heavy atom. The average Bonchev–Trinajstić information content (AvgIpc) is 3.96. The monoisotopic (exact) mass is 698 g/mol. The molecule has 6 aromatic rings. The van der Waals surface area contributed by atoms with Gasteiger partial charge in [0, 0.05) is 45.9 Å². The Bertz CT molecular complexity index is 2370. The third kappa shape index (κ3) is 5.16. The fourth-order valence-corrected chi connectivity index (χ4v) is 7.67. The molecule has 3 aromatic heterocycles. The highest BCUT2D eigenvalue weighted by Crippen LogP contribution is 2.53. The minimum Gasteiger partial charge on any atom is -0.469 e. The number of H-pyrrole nitrogens is 1. The molecule has 5 atom stereocenters. The predicted octanol–water partition coefficient (Wildman–Crippen LogP) is 6.29. The number of aliphatic hydroxyl groups excluding tert-OH is 1. The number of carbonyl (C=O) groups is 2. The van der Waals surface area contributed by atoms with E-state index in [1.54, 1.807) is 20.0 Å². The highest BCUT2D eigenvalue weighted by Gasteiger charge is 2.43. The molecule has 0 aliphatic carbocycles. The molecule has 3 aromatic carbocycles. The second-order valence-corrected chi connectivity index (χ2v) is 14.5. The lowest BCUT2D eigenvalue weighted by Gasteiger charge is -2.25. The maximum Gasteiger partial charge on any atom is 0.249 e. The lowest BCUT2D eigenvalue weighted by atomic mass is 9.88. The summed E-state index contributed by atoms with van der Waals surface area (Å²) in [5.41, 5.74) is 8.14. The summed E-state index contributed by atoms with van der Waals surface area (Å²) in [7, 11) is 0. The summed E-state index contributed by atoms with van der Waals surface area (Å²) in [5, 5.41) is 21.2. The predicted molar refractivity (Wildman–Crippen MR) is 193 cm³/mol. The Hall–Kier alpha value is -5.88. The molecule has 12 heteroatoms. The quantitative estimate of drug-likeness (QED) is 0.142. The molecule has 3 aliphatic rings. The molecule has 12 nitrogen and oxygen atoms in total. The maximum atomic E-state index is 14.1. The molecule has 0 radical (unpaired) electrons. The zero-order chi connectivity index (χ0) is 35.8. The molecule has 264 valence electrons. The number of aromatic amines is 1. The Balaban J connectivity index is 1.21. The van der Waals surface area contributed by atoms with Crippen molar-refractivity contribution in [3.63, 3.8) is 0 Å². The molecule has 9 rings (SSSR count). The summed E-state index contributed by atoms with van der Waals surface area (Å²) in [5.74, 6) is 0.233. The van der Waals surface area contributed by atoms with E-state index in [1.165, 1.54) is 6.26 Å². The Morgan fingerprint density at radius 2 is 1.83 bits per heavy atom. The zero-order valence-corrected chi connectivity index (χ0v) is 29.1. The number of amides is 2. The summed E-state index contributed by atoms with van der Waals surface area (Å²) in [4.78, 5) is 40.0. The standard InChI is InChI=1S/C40H38N6O6/c1-18(2)33-40-44-28(17-50-40)38-42-16-30(52-38)25-15-41-26-10-6-7-21(31(25)26)22-8-5-9-23-32-24-13-20(11-12-29(24)51-39(32)46-34(22)23)14-27(36(48)45-33)43-37(49)35(47)19(3)4/h5-13,15-19,27,32-33,35,39,41,46-47H,14H2,1-4H3,(H,43,49)(H,45,48)/t27-,32?,33?,35-,39?/m0/s1. The third-order valence-corrected chi connectivity index (χ3v) is 10.4. The van der Waals surface area contributed by atoms with Crippen LogP contribution >= 0.6 is 0 Å². The van der Waals surface area contributed by atoms with Crippen molar-refractivity contribution in [3.8, 4) is 39.8 Å². The van der Waals surface area contributed by atoms with Gasteiger partial charge in [-0.1, -0.05) is 70.2 Å². The Labute approximate surface area is 299 Å². The largest absolute Gasteiger partial charge is 0.469 e. The van der Waals surface area contributed by atoms with Gasteiger partial charge in [-0.15, -0.1) is 0 Å². The van der Waals surface area contributed by atoms with E-state index >= 15 is 0 Å². The first kappa shape index (κ1) is 32.1. The highest BCUT2D eigenvalue weighted by molar-refractivity contribution is 6.07. The van der Waals surface area contributed by atoms with Crippen molar-refractivity contribution >= 4 is 28.4 Å². The van der Waals surface area contributed by atoms with Crippen LogP contribution in [0.2, 0.25) is 0 Å². The van der Waals surface area contributed by atoms with Crippen molar-refractivity contribution in [2.24, 2.45) is 11.8 Å². The van der Waals surface area contributed by atoms with Crippen molar-refractivity contribution in [2.45, 2.75) is 64.4 Å². The molecule has 5 N–H and O–H groups in total. The first-order chi connectivity index (χ1) is 25.1. The number of anilines is 1. The maximum absolute atomic E-state index is 14.1. The van der Waals surface area contributed by atoms with Crippen LogP contribution in [-0.4, -0.2) is 50.2 Å². The van der Waals surface area contributed by atoms with Crippen LogP contribution in [0.5, 0.6) is 5.75 Å². The number of nitrogens with zero attached hydrogens (tertiary/aromatic N) is 2. The molecular formula is C40H38N6O6. The minimum absolute atomic E-state index is 0.102. The van der Waals surface area contributed by atoms with Gasteiger partial charge in [0.25, 0.3) is 0 Å². The number of hydrogen-bond acceptors (Lipinski definition) is 9. The fraction of sp³-hybridized carbons (Fsp3) is 0.300. The van der Waals surface area contributed by atoms with Crippen molar-refractivity contribution in [1.82, 2.24) is 25.6 Å². The van der Waals surface area contributed by atoms with Crippen LogP contribution in [0, 0.1) is 11.8 Å². The van der Waals surface area contributed by atoms with Gasteiger partial charge in [0.2, 0.25) is 23.6 Å². The number of nitrogens with one attached hydrogen (secondary N) is 4. The summed E-state index contributed by atoms with van der Waals surface area (Å²) >= 11 is 0. The number of hydrogen-bond donors (Lipinski definition) is 5. The number of fused-ring (bicyclic) bond motifs is 8. The number of ether oxygens (including phenoxy) is 1. The number of rotatable bonds is 4. The number of benzene rings is 3. The molecule has 2 amide bonds. The van der Waals surface area contributed by atoms with E-state index in [0.717, 1.165) is 55.7 Å². The molecule has 0 spiro atoms. The third-order valence-electron chi connectivity index (χ3n) is 10.4. The molecule has 6 heterocycles. The van der Waals surface area contributed by atoms with E-state index < -0.39 is 30.0 Å². The minimum atomic E-state index is -1.28. The molecule has 0 saturated carbocycles. The smallest absolute Gasteiger partial charge is 0.249 e. The van der Waals surface area contributed by atoms with E-state index in [4.69, 9.17) is 18.6 Å². The molecular weight excluding hydrogens is 660 g/mol. The van der Waals surface area contributed by atoms with E-state index in [9.17, 15) is 14.7 Å². The van der Waals surface area contributed by atoms with Crippen LogP contribution < -0.4 is 20.7 Å². The number of carbonyl (C=O) groups excluding carboxylic acids is 2. The number of aromatic nitrogens is 3. The lowest BCUT2D eigenvalue weighted by molar-refractivity contribution is -0.135. The molecule has 3 unspecified atom stereocenters. The molecule has 52 heavy (non-hydrogen) atoms. The van der Waals surface area contributed by atoms with Crippen molar-refractivity contribution in [3.05, 3.63) is 95.8 Å². The Kier molecular flexibility index (Phi) is 7.47. The van der Waals surface area contributed by atoms with Gasteiger partial charge >= 0.3 is 0 Å². The first-order valence-corrected chi connectivity index (χ1v) is 17.6. The van der Waals surface area contributed by atoms with E-state index in [-0.39, 0.29) is 42.2 Å². The highest BCUT2D eigenvalue weighted by atomic mass is 16.5. The molecule has 0 saturated heterocycles. The van der Waals surface area contributed by atoms with Crippen molar-refractivity contribution in [2.75, 3.05) is 5.32 Å². The number of oxazole rings is 2. The fourth-order valence-electron chi connectivity index (χ4n) is 7.67. The Morgan fingerprint density at radius 1 is 1.00 bits per heavy atom. The normalized spacial score (nSPS) is 20.8. The van der Waals surface area contributed by atoms with Gasteiger partial charge in [-0.05, 0) is 40.7 Å². The van der Waals surface area contributed by atoms with Crippen LogP contribution in [0.15, 0.2) is 82.1 Å². The van der Waals surface area contributed by atoms with Gasteiger partial charge < -0.3 is 39.6 Å². The van der Waals surface area contributed by atoms with Gasteiger partial charge in [0.05, 0.1) is 12.1 Å². The number of para-hydroxylation sites is 1. The molecule has 10 bridgehead atoms. The summed E-state index contributed by atoms with van der Waals surface area (Å²) in [6, 6.07) is 16.7. The van der Waals surface area contributed by atoms with E-state index in [0.29, 0.717) is 11.5 Å². The molecule has 3 aliphatic heterocycles. The van der Waals surface area contributed by atoms with Crippen LogP contribution in [0.3, 0.4) is 0 Å². The van der Waals surface area contributed by atoms with Gasteiger partial charge in [0.15, 0.2) is 17.7 Å². The van der Waals surface area contributed by atoms with Crippen LogP contribution in [0.25, 0.3) is 44.9 Å². The SMILES string of the molecule is CC(C)C1NC(=O)[C@@H](NC(=O)[C@@H](O)C(C)C)Cc2ccc3c(c2)C2c4cccc(c4NC2O3)-c2cccc3[nH]cc(c23)-c2cnc(o2)-c2coc1n2. The van der Waals surface area contributed by atoms with Gasteiger partial charge in [-0.2, -0.15) is 0 Å². The first-order valence-electron chi connectivity index (χ1n) is 17.6. The van der Waals surface area contributed by atoms with Gasteiger partial charge in [-0.25, -0.2) is 9.97 Å².